The van der Waals surface area contributed by atoms with Gasteiger partial charge in [-0.05, 0) is 38.8 Å². The molecule has 0 atom stereocenters. The highest BCUT2D eigenvalue weighted by molar-refractivity contribution is 5.72. The monoisotopic (exact) mass is 277 g/mol. The Morgan fingerprint density at radius 2 is 1.38 bits per heavy atom. The van der Waals surface area contributed by atoms with Crippen LogP contribution in [-0.2, 0) is 0 Å². The van der Waals surface area contributed by atoms with Gasteiger partial charge in [-0.15, -0.1) is 0 Å². The highest BCUT2D eigenvalue weighted by atomic mass is 16.5. The summed E-state index contributed by atoms with van der Waals surface area (Å²) in [4.78, 5) is 0. The van der Waals surface area contributed by atoms with Crippen LogP contribution in [0.25, 0.3) is 22.6 Å². The van der Waals surface area contributed by atoms with Crippen LogP contribution in [0.3, 0.4) is 0 Å². The van der Waals surface area contributed by atoms with Crippen LogP contribution in [0, 0.1) is 27.7 Å². The van der Waals surface area contributed by atoms with Gasteiger partial charge in [0, 0.05) is 17.2 Å². The van der Waals surface area contributed by atoms with E-state index in [0.717, 1.165) is 17.0 Å². The van der Waals surface area contributed by atoms with Gasteiger partial charge in [-0.1, -0.05) is 52.7 Å². The van der Waals surface area contributed by atoms with Crippen molar-refractivity contribution in [1.82, 2.24) is 5.16 Å². The minimum Gasteiger partial charge on any atom is -0.356 e. The van der Waals surface area contributed by atoms with Gasteiger partial charge in [0.1, 0.15) is 5.69 Å². The van der Waals surface area contributed by atoms with Crippen molar-refractivity contribution in [3.8, 4) is 22.6 Å². The minimum atomic E-state index is 0.810. The molecule has 0 aliphatic carbocycles. The topological polar surface area (TPSA) is 26.0 Å². The number of hydrogen-bond acceptors (Lipinski definition) is 2. The molecule has 21 heavy (non-hydrogen) atoms. The lowest BCUT2D eigenvalue weighted by Gasteiger charge is -2.07. The predicted octanol–water partition coefficient (Wildman–Crippen LogP) is 5.24. The van der Waals surface area contributed by atoms with E-state index in [-0.39, 0.29) is 0 Å². The maximum atomic E-state index is 5.54. The highest BCUT2D eigenvalue weighted by Crippen LogP contribution is 2.31. The summed E-state index contributed by atoms with van der Waals surface area (Å²) < 4.78 is 5.54. The van der Waals surface area contributed by atoms with Gasteiger partial charge >= 0.3 is 0 Å². The standard InChI is InChI=1S/C19H19NO/c1-12-5-7-16(8-6-12)18-11-17(20-21-18)19-14(3)9-13(2)10-15(19)4/h5-11H,1-4H3. The smallest absolute Gasteiger partial charge is 0.167 e. The molecular formula is C19H19NO. The van der Waals surface area contributed by atoms with E-state index in [1.54, 1.807) is 0 Å². The lowest BCUT2D eigenvalue weighted by molar-refractivity contribution is 0.435. The maximum Gasteiger partial charge on any atom is 0.167 e. The largest absolute Gasteiger partial charge is 0.356 e. The average molecular weight is 277 g/mol. The van der Waals surface area contributed by atoms with Crippen molar-refractivity contribution in [2.24, 2.45) is 0 Å². The molecule has 2 aromatic carbocycles. The molecular weight excluding hydrogens is 258 g/mol. The van der Waals surface area contributed by atoms with Gasteiger partial charge < -0.3 is 4.52 Å². The second-order valence-electron chi connectivity index (χ2n) is 5.72. The average Bonchev–Trinajstić information content (AvgIpc) is 2.87. The van der Waals surface area contributed by atoms with E-state index in [9.17, 15) is 0 Å². The molecule has 0 amide bonds. The molecule has 0 saturated heterocycles. The quantitative estimate of drug-likeness (QED) is 0.640. The van der Waals surface area contributed by atoms with Crippen LogP contribution in [0.15, 0.2) is 47.0 Å². The SMILES string of the molecule is Cc1ccc(-c2cc(-c3c(C)cc(C)cc3C)no2)cc1. The minimum absolute atomic E-state index is 0.810. The van der Waals surface area contributed by atoms with E-state index in [1.165, 1.54) is 27.8 Å². The molecule has 2 nitrogen and oxygen atoms in total. The van der Waals surface area contributed by atoms with Crippen LogP contribution in [-0.4, -0.2) is 5.16 Å². The van der Waals surface area contributed by atoms with Gasteiger partial charge in [-0.3, -0.25) is 0 Å². The van der Waals surface area contributed by atoms with Gasteiger partial charge in [-0.25, -0.2) is 0 Å². The van der Waals surface area contributed by atoms with Crippen molar-refractivity contribution in [2.75, 3.05) is 0 Å². The molecule has 1 aromatic heterocycles. The summed E-state index contributed by atoms with van der Waals surface area (Å²) in [6.45, 7) is 8.43. The number of aromatic nitrogens is 1. The van der Waals surface area contributed by atoms with Crippen LogP contribution in [0.1, 0.15) is 22.3 Å². The fraction of sp³-hybridized carbons (Fsp3) is 0.211. The summed E-state index contributed by atoms with van der Waals surface area (Å²) in [5.74, 6) is 0.810. The number of rotatable bonds is 2. The zero-order valence-corrected chi connectivity index (χ0v) is 12.9. The molecule has 0 aliphatic rings. The normalized spacial score (nSPS) is 10.9. The molecule has 0 unspecified atom stereocenters. The summed E-state index contributed by atoms with van der Waals surface area (Å²) in [6.07, 6.45) is 0. The second-order valence-corrected chi connectivity index (χ2v) is 5.72. The summed E-state index contributed by atoms with van der Waals surface area (Å²) in [5.41, 5.74) is 8.11. The van der Waals surface area contributed by atoms with Crippen molar-refractivity contribution >= 4 is 0 Å². The molecule has 0 spiro atoms. The molecule has 0 saturated carbocycles. The Bertz CT molecular complexity index is 759. The molecule has 0 fully saturated rings. The first-order valence-electron chi connectivity index (χ1n) is 7.16. The lowest BCUT2D eigenvalue weighted by Crippen LogP contribution is -1.89. The van der Waals surface area contributed by atoms with Crippen LogP contribution in [0.5, 0.6) is 0 Å². The third-order valence-electron chi connectivity index (χ3n) is 3.78. The number of nitrogens with zero attached hydrogens (tertiary/aromatic N) is 1. The third kappa shape index (κ3) is 2.62. The second kappa shape index (κ2) is 5.21. The lowest BCUT2D eigenvalue weighted by atomic mass is 9.97. The van der Waals surface area contributed by atoms with Crippen LogP contribution >= 0.6 is 0 Å². The first-order valence-corrected chi connectivity index (χ1v) is 7.16. The molecule has 0 radical (unpaired) electrons. The number of hydrogen-bond donors (Lipinski definition) is 0. The Balaban J connectivity index is 2.05. The maximum absolute atomic E-state index is 5.54. The van der Waals surface area contributed by atoms with Gasteiger partial charge in [0.2, 0.25) is 0 Å². The number of benzene rings is 2. The Kier molecular flexibility index (Phi) is 3.38. The Hall–Kier alpha value is -2.35. The summed E-state index contributed by atoms with van der Waals surface area (Å²) >= 11 is 0. The van der Waals surface area contributed by atoms with Gasteiger partial charge in [0.25, 0.3) is 0 Å². The fourth-order valence-electron chi connectivity index (χ4n) is 2.83. The van der Waals surface area contributed by atoms with Crippen molar-refractivity contribution in [3.05, 3.63) is 64.7 Å². The molecule has 0 N–H and O–H groups in total. The first kappa shape index (κ1) is 13.6. The van der Waals surface area contributed by atoms with Crippen LogP contribution < -0.4 is 0 Å². The summed E-state index contributed by atoms with van der Waals surface area (Å²) in [6, 6.07) is 14.7. The highest BCUT2D eigenvalue weighted by Gasteiger charge is 2.13. The number of aryl methyl sites for hydroxylation is 4. The van der Waals surface area contributed by atoms with Crippen LogP contribution in [0.4, 0.5) is 0 Å². The van der Waals surface area contributed by atoms with E-state index in [4.69, 9.17) is 4.52 Å². The molecule has 3 aromatic rings. The Morgan fingerprint density at radius 3 is 2.00 bits per heavy atom. The van der Waals surface area contributed by atoms with E-state index in [1.807, 2.05) is 6.07 Å². The van der Waals surface area contributed by atoms with Crippen molar-refractivity contribution in [2.45, 2.75) is 27.7 Å². The van der Waals surface area contributed by atoms with Crippen molar-refractivity contribution in [1.29, 1.82) is 0 Å². The van der Waals surface area contributed by atoms with E-state index in [2.05, 4.69) is 69.2 Å². The predicted molar refractivity (Wildman–Crippen MR) is 86.3 cm³/mol. The summed E-state index contributed by atoms with van der Waals surface area (Å²) in [7, 11) is 0. The van der Waals surface area contributed by atoms with E-state index < -0.39 is 0 Å². The fourth-order valence-corrected chi connectivity index (χ4v) is 2.83. The van der Waals surface area contributed by atoms with Gasteiger partial charge in [0.05, 0.1) is 0 Å². The van der Waals surface area contributed by atoms with Crippen LogP contribution in [0.2, 0.25) is 0 Å². The van der Waals surface area contributed by atoms with Gasteiger partial charge in [0.15, 0.2) is 5.76 Å². The molecule has 1 heterocycles. The molecule has 2 heteroatoms. The Morgan fingerprint density at radius 1 is 0.762 bits per heavy atom. The van der Waals surface area contributed by atoms with E-state index >= 15 is 0 Å². The van der Waals surface area contributed by atoms with Crippen molar-refractivity contribution < 1.29 is 4.52 Å². The summed E-state index contributed by atoms with van der Waals surface area (Å²) in [5, 5.41) is 4.26. The zero-order chi connectivity index (χ0) is 15.0. The van der Waals surface area contributed by atoms with Crippen molar-refractivity contribution in [3.63, 3.8) is 0 Å². The molecule has 0 aliphatic heterocycles. The first-order chi connectivity index (χ1) is 10.0. The Labute approximate surface area is 125 Å². The van der Waals surface area contributed by atoms with Gasteiger partial charge in [-0.2, -0.15) is 0 Å². The molecule has 106 valence electrons. The molecule has 0 bridgehead atoms. The molecule has 3 rings (SSSR count). The third-order valence-corrected chi connectivity index (χ3v) is 3.78. The van der Waals surface area contributed by atoms with E-state index in [0.29, 0.717) is 0 Å². The zero-order valence-electron chi connectivity index (χ0n) is 12.9.